The maximum Gasteiger partial charge on any atom is 0.0158 e. The van der Waals surface area contributed by atoms with Crippen LogP contribution in [0.25, 0.3) is 5.57 Å². The van der Waals surface area contributed by atoms with Gasteiger partial charge in [-0.15, -0.1) is 0 Å². The largest absolute Gasteiger partial charge is 0.0991 e. The lowest BCUT2D eigenvalue weighted by atomic mass is 9.81. The molecule has 0 aliphatic heterocycles. The van der Waals surface area contributed by atoms with Crippen LogP contribution in [0.4, 0.5) is 0 Å². The summed E-state index contributed by atoms with van der Waals surface area (Å²) in [5.41, 5.74) is 6.93. The van der Waals surface area contributed by atoms with Crippen LogP contribution in [0.1, 0.15) is 37.5 Å². The van der Waals surface area contributed by atoms with Gasteiger partial charge in [0.05, 0.1) is 0 Å². The Morgan fingerprint density at radius 2 is 1.94 bits per heavy atom. The zero-order valence-corrected chi connectivity index (χ0v) is 11.2. The highest BCUT2D eigenvalue weighted by atomic mass is 14.4. The second kappa shape index (κ2) is 4.03. The molecule has 0 saturated carbocycles. The summed E-state index contributed by atoms with van der Waals surface area (Å²) in [5, 5.41) is 0. The van der Waals surface area contributed by atoms with Crippen LogP contribution in [0.5, 0.6) is 0 Å². The van der Waals surface area contributed by atoms with Gasteiger partial charge in [-0.25, -0.2) is 0 Å². The second-order valence-corrected chi connectivity index (χ2v) is 5.19. The molecule has 1 aliphatic rings. The first-order chi connectivity index (χ1) is 8.02. The van der Waals surface area contributed by atoms with E-state index in [4.69, 9.17) is 0 Å². The van der Waals surface area contributed by atoms with E-state index in [1.807, 2.05) is 6.08 Å². The number of hydrogen-bond donors (Lipinski definition) is 0. The Bertz CT molecular complexity index is 525. The van der Waals surface area contributed by atoms with Crippen molar-refractivity contribution in [1.82, 2.24) is 0 Å². The van der Waals surface area contributed by atoms with Gasteiger partial charge < -0.3 is 0 Å². The normalized spacial score (nSPS) is 21.9. The monoisotopic (exact) mass is 224 g/mol. The fraction of sp³-hybridized carbons (Fsp3) is 0.294. The van der Waals surface area contributed by atoms with Crippen LogP contribution in [-0.4, -0.2) is 0 Å². The first-order valence-corrected chi connectivity index (χ1v) is 6.13. The van der Waals surface area contributed by atoms with Gasteiger partial charge in [-0.2, -0.15) is 0 Å². The number of fused-ring (bicyclic) bond motifs is 1. The van der Waals surface area contributed by atoms with E-state index in [0.717, 1.165) is 0 Å². The Labute approximate surface area is 104 Å². The average Bonchev–Trinajstić information content (AvgIpc) is 2.49. The Balaban J connectivity index is 2.76. The molecule has 2 rings (SSSR count). The topological polar surface area (TPSA) is 0 Å². The van der Waals surface area contributed by atoms with Crippen molar-refractivity contribution < 1.29 is 0 Å². The summed E-state index contributed by atoms with van der Waals surface area (Å²) in [4.78, 5) is 0. The molecular weight excluding hydrogens is 204 g/mol. The predicted octanol–water partition coefficient (Wildman–Crippen LogP) is 4.80. The molecule has 0 atom stereocenters. The van der Waals surface area contributed by atoms with Crippen LogP contribution in [0.3, 0.4) is 0 Å². The average molecular weight is 224 g/mol. The van der Waals surface area contributed by atoms with Crippen molar-refractivity contribution in [2.24, 2.45) is 0 Å². The van der Waals surface area contributed by atoms with Gasteiger partial charge in [-0.1, -0.05) is 62.4 Å². The molecule has 0 fully saturated rings. The van der Waals surface area contributed by atoms with Crippen molar-refractivity contribution in [3.05, 3.63) is 65.3 Å². The molecule has 0 heterocycles. The first-order valence-electron chi connectivity index (χ1n) is 6.13. The number of aryl methyl sites for hydroxylation is 1. The molecule has 1 aromatic rings. The number of benzene rings is 1. The first kappa shape index (κ1) is 11.9. The molecule has 17 heavy (non-hydrogen) atoms. The Hall–Kier alpha value is -1.56. The van der Waals surface area contributed by atoms with Crippen molar-refractivity contribution in [1.29, 1.82) is 0 Å². The minimum absolute atomic E-state index is 0.0807. The van der Waals surface area contributed by atoms with Gasteiger partial charge in [-0.3, -0.25) is 0 Å². The second-order valence-electron chi connectivity index (χ2n) is 5.19. The minimum atomic E-state index is 0.0807. The molecular formula is C17H20. The van der Waals surface area contributed by atoms with Crippen LogP contribution in [0, 0.1) is 6.92 Å². The van der Waals surface area contributed by atoms with Crippen molar-refractivity contribution in [2.75, 3.05) is 0 Å². The molecule has 0 aromatic heterocycles. The molecule has 88 valence electrons. The van der Waals surface area contributed by atoms with Gasteiger partial charge in [0.2, 0.25) is 0 Å². The van der Waals surface area contributed by atoms with E-state index in [0.29, 0.717) is 0 Å². The van der Waals surface area contributed by atoms with Gasteiger partial charge in [0.15, 0.2) is 0 Å². The third-order valence-electron chi connectivity index (χ3n) is 3.68. The summed E-state index contributed by atoms with van der Waals surface area (Å²) in [6.45, 7) is 12.7. The van der Waals surface area contributed by atoms with E-state index < -0.39 is 0 Å². The van der Waals surface area contributed by atoms with Crippen LogP contribution in [0.2, 0.25) is 0 Å². The highest BCUT2D eigenvalue weighted by Crippen LogP contribution is 2.49. The van der Waals surface area contributed by atoms with Gasteiger partial charge in [0, 0.05) is 5.41 Å². The predicted molar refractivity (Wildman–Crippen MR) is 76.1 cm³/mol. The van der Waals surface area contributed by atoms with Gasteiger partial charge in [-0.05, 0) is 36.1 Å². The number of allylic oxidation sites excluding steroid dienone is 5. The zero-order valence-electron chi connectivity index (χ0n) is 11.2. The van der Waals surface area contributed by atoms with E-state index in [-0.39, 0.29) is 5.41 Å². The van der Waals surface area contributed by atoms with Crippen molar-refractivity contribution in [3.63, 3.8) is 0 Å². The third-order valence-corrected chi connectivity index (χ3v) is 3.68. The summed E-state index contributed by atoms with van der Waals surface area (Å²) in [5.74, 6) is 0. The minimum Gasteiger partial charge on any atom is -0.0991 e. The molecule has 0 spiro atoms. The van der Waals surface area contributed by atoms with Crippen LogP contribution in [-0.2, 0) is 5.41 Å². The van der Waals surface area contributed by atoms with Crippen LogP contribution in [0.15, 0.2) is 48.6 Å². The molecule has 0 heteroatoms. The molecule has 0 nitrogen and oxygen atoms in total. The lowest BCUT2D eigenvalue weighted by Crippen LogP contribution is -2.15. The molecule has 0 amide bonds. The van der Waals surface area contributed by atoms with Gasteiger partial charge in [0.1, 0.15) is 0 Å². The number of hydrogen-bond acceptors (Lipinski definition) is 0. The maximum atomic E-state index is 3.84. The lowest BCUT2D eigenvalue weighted by Gasteiger charge is -2.22. The van der Waals surface area contributed by atoms with Crippen LogP contribution >= 0.6 is 0 Å². The number of rotatable bonds is 1. The van der Waals surface area contributed by atoms with Crippen molar-refractivity contribution in [2.45, 2.75) is 33.1 Å². The molecule has 1 aromatic carbocycles. The zero-order chi connectivity index (χ0) is 12.6. The highest BCUT2D eigenvalue weighted by molar-refractivity contribution is 5.89. The highest BCUT2D eigenvalue weighted by Gasteiger charge is 2.37. The molecule has 0 bridgehead atoms. The van der Waals surface area contributed by atoms with Crippen molar-refractivity contribution in [3.8, 4) is 0 Å². The molecule has 1 aliphatic carbocycles. The molecule has 0 saturated heterocycles. The third kappa shape index (κ3) is 1.68. The van der Waals surface area contributed by atoms with E-state index in [1.54, 1.807) is 0 Å². The van der Waals surface area contributed by atoms with E-state index in [9.17, 15) is 0 Å². The standard InChI is InChI=1S/C17H20/c1-6-8-15-13(7-2)14-10-9-12(3)11-16(14)17(15,4)5/h6-11H,1H2,2-5H3/b13-7-,15-8+. The maximum absolute atomic E-state index is 3.84. The van der Waals surface area contributed by atoms with Crippen molar-refractivity contribution >= 4 is 5.57 Å². The van der Waals surface area contributed by atoms with Gasteiger partial charge >= 0.3 is 0 Å². The Morgan fingerprint density at radius 3 is 2.53 bits per heavy atom. The fourth-order valence-corrected chi connectivity index (χ4v) is 2.76. The summed E-state index contributed by atoms with van der Waals surface area (Å²) >= 11 is 0. The summed E-state index contributed by atoms with van der Waals surface area (Å²) in [7, 11) is 0. The van der Waals surface area contributed by atoms with Crippen LogP contribution < -0.4 is 0 Å². The summed E-state index contributed by atoms with van der Waals surface area (Å²) < 4.78 is 0. The summed E-state index contributed by atoms with van der Waals surface area (Å²) in [6.07, 6.45) is 6.24. The summed E-state index contributed by atoms with van der Waals surface area (Å²) in [6, 6.07) is 6.74. The smallest absolute Gasteiger partial charge is 0.0158 e. The molecule has 0 radical (unpaired) electrons. The van der Waals surface area contributed by atoms with Gasteiger partial charge in [0.25, 0.3) is 0 Å². The van der Waals surface area contributed by atoms with E-state index >= 15 is 0 Å². The van der Waals surface area contributed by atoms with E-state index in [1.165, 1.54) is 27.8 Å². The molecule has 0 N–H and O–H groups in total. The lowest BCUT2D eigenvalue weighted by molar-refractivity contribution is 0.660. The SMILES string of the molecule is C=C/C=C1\C(=C/C)c2ccc(C)cc2C1(C)C. The quantitative estimate of drug-likeness (QED) is 0.642. The Kier molecular flexibility index (Phi) is 2.82. The van der Waals surface area contributed by atoms with E-state index in [2.05, 4.69) is 64.6 Å². The fourth-order valence-electron chi connectivity index (χ4n) is 2.76. The molecule has 0 unspecified atom stereocenters. The Morgan fingerprint density at radius 1 is 1.24 bits per heavy atom.